The van der Waals surface area contributed by atoms with E-state index in [0.717, 1.165) is 10.7 Å². The molecule has 0 aromatic carbocycles. The van der Waals surface area contributed by atoms with Crippen molar-refractivity contribution >= 4 is 17.3 Å². The van der Waals surface area contributed by atoms with Gasteiger partial charge in [0.05, 0.1) is 17.3 Å². The molecule has 0 saturated heterocycles. The number of carbonyl (C=O) groups is 1. The number of aromatic amines is 1. The molecule has 0 radical (unpaired) electrons. The smallest absolute Gasteiger partial charge is 0.312 e. The van der Waals surface area contributed by atoms with E-state index < -0.39 is 11.9 Å². The van der Waals surface area contributed by atoms with Crippen LogP contribution in [-0.4, -0.2) is 21.0 Å². The van der Waals surface area contributed by atoms with Crippen LogP contribution in [0.3, 0.4) is 0 Å². The van der Waals surface area contributed by atoms with Crippen molar-refractivity contribution in [1.29, 1.82) is 0 Å². The van der Waals surface area contributed by atoms with Gasteiger partial charge in [0.25, 0.3) is 0 Å². The Morgan fingerprint density at radius 2 is 2.47 bits per heavy atom. The number of aliphatic carboxylic acids is 1. The van der Waals surface area contributed by atoms with Crippen LogP contribution in [0.4, 0.5) is 0 Å². The number of aromatic nitrogens is 2. The van der Waals surface area contributed by atoms with Crippen molar-refractivity contribution in [2.45, 2.75) is 12.8 Å². The average molecular weight is 222 g/mol. The van der Waals surface area contributed by atoms with Crippen molar-refractivity contribution in [2.24, 2.45) is 0 Å². The number of nitrogens with zero attached hydrogens (tertiary/aromatic N) is 1. The van der Waals surface area contributed by atoms with Crippen molar-refractivity contribution in [2.75, 3.05) is 0 Å². The summed E-state index contributed by atoms with van der Waals surface area (Å²) < 4.78 is 0. The van der Waals surface area contributed by atoms with E-state index >= 15 is 0 Å². The molecule has 0 aliphatic carbocycles. The molecule has 0 spiro atoms. The highest BCUT2D eigenvalue weighted by molar-refractivity contribution is 7.13. The number of rotatable bonds is 3. The Morgan fingerprint density at radius 1 is 1.67 bits per heavy atom. The van der Waals surface area contributed by atoms with Crippen LogP contribution in [0, 0.1) is 0 Å². The van der Waals surface area contributed by atoms with Gasteiger partial charge in [-0.2, -0.15) is 0 Å². The van der Waals surface area contributed by atoms with Gasteiger partial charge in [-0.05, 0) is 19.1 Å². The highest BCUT2D eigenvalue weighted by Gasteiger charge is 2.17. The van der Waals surface area contributed by atoms with E-state index in [9.17, 15) is 4.79 Å². The van der Waals surface area contributed by atoms with E-state index in [2.05, 4.69) is 9.97 Å². The van der Waals surface area contributed by atoms with E-state index in [-0.39, 0.29) is 0 Å². The Bertz CT molecular complexity index is 461. The molecule has 1 atom stereocenters. The Kier molecular flexibility index (Phi) is 2.55. The molecular weight excluding hydrogens is 212 g/mol. The lowest BCUT2D eigenvalue weighted by Crippen LogP contribution is -2.07. The van der Waals surface area contributed by atoms with Crippen molar-refractivity contribution in [1.82, 2.24) is 9.97 Å². The van der Waals surface area contributed by atoms with Crippen LogP contribution in [0.1, 0.15) is 18.5 Å². The summed E-state index contributed by atoms with van der Waals surface area (Å²) >= 11 is 1.45. The molecule has 0 aliphatic heterocycles. The second kappa shape index (κ2) is 3.86. The molecule has 0 fully saturated rings. The molecule has 2 aromatic heterocycles. The van der Waals surface area contributed by atoms with E-state index in [1.165, 1.54) is 11.3 Å². The van der Waals surface area contributed by atoms with Crippen LogP contribution in [-0.2, 0) is 4.79 Å². The van der Waals surface area contributed by atoms with Gasteiger partial charge < -0.3 is 10.1 Å². The molecular formula is C10H10N2O2S. The Morgan fingerprint density at radius 3 is 3.07 bits per heavy atom. The maximum Gasteiger partial charge on any atom is 0.312 e. The molecule has 1 unspecified atom stereocenters. The topological polar surface area (TPSA) is 66.0 Å². The number of carboxylic acid groups (broad SMARTS) is 1. The molecule has 0 bridgehead atoms. The third-order valence-electron chi connectivity index (χ3n) is 2.16. The summed E-state index contributed by atoms with van der Waals surface area (Å²) in [5.41, 5.74) is 1.53. The summed E-state index contributed by atoms with van der Waals surface area (Å²) in [7, 11) is 0. The first-order chi connectivity index (χ1) is 7.18. The number of hydrogen-bond acceptors (Lipinski definition) is 3. The summed E-state index contributed by atoms with van der Waals surface area (Å²) in [5, 5.41) is 11.4. The molecule has 2 rings (SSSR count). The van der Waals surface area contributed by atoms with Gasteiger partial charge in [-0.15, -0.1) is 11.3 Å². The third-order valence-corrected chi connectivity index (χ3v) is 3.06. The van der Waals surface area contributed by atoms with E-state index in [0.29, 0.717) is 5.69 Å². The van der Waals surface area contributed by atoms with Crippen molar-refractivity contribution in [3.63, 3.8) is 0 Å². The van der Waals surface area contributed by atoms with Crippen LogP contribution >= 0.6 is 11.3 Å². The first kappa shape index (κ1) is 9.92. The second-order valence-corrected chi connectivity index (χ2v) is 4.08. The van der Waals surface area contributed by atoms with Crippen LogP contribution < -0.4 is 0 Å². The number of carboxylic acids is 1. The van der Waals surface area contributed by atoms with Gasteiger partial charge in [-0.1, -0.05) is 0 Å². The van der Waals surface area contributed by atoms with Crippen LogP contribution in [0.15, 0.2) is 23.7 Å². The quantitative estimate of drug-likeness (QED) is 0.837. The lowest BCUT2D eigenvalue weighted by atomic mass is 10.1. The first-order valence-electron chi connectivity index (χ1n) is 4.50. The Balaban J connectivity index is 2.28. The molecule has 2 N–H and O–H groups in total. The van der Waals surface area contributed by atoms with Gasteiger partial charge in [0.15, 0.2) is 0 Å². The lowest BCUT2D eigenvalue weighted by molar-refractivity contribution is -0.138. The van der Waals surface area contributed by atoms with Crippen LogP contribution in [0.25, 0.3) is 10.7 Å². The molecule has 5 heteroatoms. The molecule has 0 saturated carbocycles. The number of hydrogen-bond donors (Lipinski definition) is 2. The zero-order valence-electron chi connectivity index (χ0n) is 8.10. The fourth-order valence-electron chi connectivity index (χ4n) is 1.20. The largest absolute Gasteiger partial charge is 0.481 e. The van der Waals surface area contributed by atoms with Crippen molar-refractivity contribution in [3.8, 4) is 10.7 Å². The SMILES string of the molecule is CC(C(=O)O)c1csc(-c2ccc[nH]2)n1. The number of nitrogens with one attached hydrogen (secondary N) is 1. The molecule has 0 amide bonds. The third kappa shape index (κ3) is 1.92. The zero-order valence-corrected chi connectivity index (χ0v) is 8.91. The Hall–Kier alpha value is -1.62. The first-order valence-corrected chi connectivity index (χ1v) is 5.38. The molecule has 78 valence electrons. The summed E-state index contributed by atoms with van der Waals surface area (Å²) in [6, 6.07) is 3.80. The van der Waals surface area contributed by atoms with Gasteiger partial charge in [0.2, 0.25) is 0 Å². The molecule has 4 nitrogen and oxygen atoms in total. The predicted molar refractivity (Wildman–Crippen MR) is 58.0 cm³/mol. The maximum absolute atomic E-state index is 10.8. The van der Waals surface area contributed by atoms with Gasteiger partial charge in [0, 0.05) is 11.6 Å². The predicted octanol–water partition coefficient (Wildman–Crippen LogP) is 2.33. The standard InChI is InChI=1S/C10H10N2O2S/c1-6(10(13)14)8-5-15-9(12-8)7-3-2-4-11-7/h2-6,11H,1H3,(H,13,14). The van der Waals surface area contributed by atoms with E-state index in [1.54, 1.807) is 12.3 Å². The lowest BCUT2D eigenvalue weighted by Gasteiger charge is -1.99. The van der Waals surface area contributed by atoms with E-state index in [1.807, 2.05) is 18.3 Å². The minimum atomic E-state index is -0.849. The summed E-state index contributed by atoms with van der Waals surface area (Å²) in [6.07, 6.45) is 1.82. The second-order valence-electron chi connectivity index (χ2n) is 3.22. The maximum atomic E-state index is 10.8. The van der Waals surface area contributed by atoms with Crippen LogP contribution in [0.5, 0.6) is 0 Å². The molecule has 15 heavy (non-hydrogen) atoms. The molecule has 2 aromatic rings. The fourth-order valence-corrected chi connectivity index (χ4v) is 2.10. The van der Waals surface area contributed by atoms with E-state index in [4.69, 9.17) is 5.11 Å². The van der Waals surface area contributed by atoms with Gasteiger partial charge in [-0.3, -0.25) is 4.79 Å². The number of thiazole rings is 1. The fraction of sp³-hybridized carbons (Fsp3) is 0.200. The molecule has 2 heterocycles. The Labute approximate surface area is 90.6 Å². The number of H-pyrrole nitrogens is 1. The monoisotopic (exact) mass is 222 g/mol. The molecule has 0 aliphatic rings. The van der Waals surface area contributed by atoms with Crippen molar-refractivity contribution in [3.05, 3.63) is 29.4 Å². The highest BCUT2D eigenvalue weighted by Crippen LogP contribution is 2.25. The minimum Gasteiger partial charge on any atom is -0.481 e. The van der Waals surface area contributed by atoms with Gasteiger partial charge in [-0.25, -0.2) is 4.98 Å². The summed E-state index contributed by atoms with van der Waals surface area (Å²) in [6.45, 7) is 1.63. The van der Waals surface area contributed by atoms with Gasteiger partial charge >= 0.3 is 5.97 Å². The van der Waals surface area contributed by atoms with Gasteiger partial charge in [0.1, 0.15) is 5.01 Å². The average Bonchev–Trinajstić information content (AvgIpc) is 2.86. The van der Waals surface area contributed by atoms with Crippen molar-refractivity contribution < 1.29 is 9.90 Å². The highest BCUT2D eigenvalue weighted by atomic mass is 32.1. The normalized spacial score (nSPS) is 12.6. The minimum absolute atomic E-state index is 0.551. The summed E-state index contributed by atoms with van der Waals surface area (Å²) in [5.74, 6) is -1.40. The van der Waals surface area contributed by atoms with Crippen LogP contribution in [0.2, 0.25) is 0 Å². The summed E-state index contributed by atoms with van der Waals surface area (Å²) in [4.78, 5) is 18.1. The zero-order chi connectivity index (χ0) is 10.8.